The molecule has 76 valence electrons. The largest absolute Gasteiger partial charge is 0.399 e. The topological polar surface area (TPSA) is 38.0 Å². The van der Waals surface area contributed by atoms with Crippen LogP contribution in [0.2, 0.25) is 0 Å². The first kappa shape index (κ1) is 9.53. The number of benzene rings is 1. The smallest absolute Gasteiger partial charge is 0.0343 e. The molecule has 1 aliphatic rings. The van der Waals surface area contributed by atoms with Crippen LogP contribution in [0.4, 0.5) is 5.69 Å². The SMILES string of the molecule is Cc1cc(CNC2(C)CC2)ccc1N. The van der Waals surface area contributed by atoms with Gasteiger partial charge < -0.3 is 11.1 Å². The van der Waals surface area contributed by atoms with E-state index < -0.39 is 0 Å². The standard InChI is InChI=1S/C12H18N2/c1-9-7-10(3-4-11(9)13)8-14-12(2)5-6-12/h3-4,7,14H,5-6,8,13H2,1-2H3. The fourth-order valence-electron chi connectivity index (χ4n) is 1.53. The van der Waals surface area contributed by atoms with Gasteiger partial charge >= 0.3 is 0 Å². The van der Waals surface area contributed by atoms with Gasteiger partial charge in [-0.1, -0.05) is 12.1 Å². The van der Waals surface area contributed by atoms with Crippen molar-refractivity contribution in [2.75, 3.05) is 5.73 Å². The van der Waals surface area contributed by atoms with Crippen LogP contribution in [0.3, 0.4) is 0 Å². The van der Waals surface area contributed by atoms with Gasteiger partial charge in [0.15, 0.2) is 0 Å². The van der Waals surface area contributed by atoms with E-state index in [1.54, 1.807) is 0 Å². The molecular weight excluding hydrogens is 172 g/mol. The lowest BCUT2D eigenvalue weighted by atomic mass is 10.1. The fourth-order valence-corrected chi connectivity index (χ4v) is 1.53. The molecule has 1 saturated carbocycles. The van der Waals surface area contributed by atoms with Gasteiger partial charge in [-0.05, 0) is 43.9 Å². The normalized spacial score (nSPS) is 18.1. The summed E-state index contributed by atoms with van der Waals surface area (Å²) in [6.45, 7) is 5.28. The van der Waals surface area contributed by atoms with Gasteiger partial charge in [-0.25, -0.2) is 0 Å². The molecule has 14 heavy (non-hydrogen) atoms. The van der Waals surface area contributed by atoms with Crippen LogP contribution >= 0.6 is 0 Å². The summed E-state index contributed by atoms with van der Waals surface area (Å²) in [5.41, 5.74) is 9.55. The van der Waals surface area contributed by atoms with Gasteiger partial charge in [0.05, 0.1) is 0 Å². The second kappa shape index (κ2) is 3.28. The van der Waals surface area contributed by atoms with Crippen LogP contribution in [-0.4, -0.2) is 5.54 Å². The minimum atomic E-state index is 0.412. The molecule has 1 aliphatic carbocycles. The molecule has 1 fully saturated rings. The summed E-state index contributed by atoms with van der Waals surface area (Å²) in [5.74, 6) is 0. The van der Waals surface area contributed by atoms with Crippen molar-refractivity contribution in [2.45, 2.75) is 38.8 Å². The van der Waals surface area contributed by atoms with Crippen molar-refractivity contribution in [3.8, 4) is 0 Å². The summed E-state index contributed by atoms with van der Waals surface area (Å²) < 4.78 is 0. The Bertz CT molecular complexity index is 340. The van der Waals surface area contributed by atoms with E-state index in [1.165, 1.54) is 24.0 Å². The Balaban J connectivity index is 1.99. The third-order valence-electron chi connectivity index (χ3n) is 3.05. The number of hydrogen-bond donors (Lipinski definition) is 2. The van der Waals surface area contributed by atoms with Crippen LogP contribution < -0.4 is 11.1 Å². The first-order chi connectivity index (χ1) is 6.59. The first-order valence-corrected chi connectivity index (χ1v) is 5.19. The van der Waals surface area contributed by atoms with Gasteiger partial charge in [0.2, 0.25) is 0 Å². The molecule has 0 amide bonds. The van der Waals surface area contributed by atoms with Crippen molar-refractivity contribution in [1.29, 1.82) is 0 Å². The molecule has 0 unspecified atom stereocenters. The summed E-state index contributed by atoms with van der Waals surface area (Å²) in [6, 6.07) is 6.25. The highest BCUT2D eigenvalue weighted by atomic mass is 15.0. The van der Waals surface area contributed by atoms with E-state index in [-0.39, 0.29) is 0 Å². The van der Waals surface area contributed by atoms with E-state index in [9.17, 15) is 0 Å². The van der Waals surface area contributed by atoms with E-state index in [0.29, 0.717) is 5.54 Å². The second-order valence-corrected chi connectivity index (χ2v) is 4.61. The highest BCUT2D eigenvalue weighted by Gasteiger charge is 2.36. The van der Waals surface area contributed by atoms with Gasteiger partial charge in [-0.3, -0.25) is 0 Å². The highest BCUT2D eigenvalue weighted by Crippen LogP contribution is 2.34. The Hall–Kier alpha value is -1.02. The average molecular weight is 190 g/mol. The number of hydrogen-bond acceptors (Lipinski definition) is 2. The van der Waals surface area contributed by atoms with Crippen LogP contribution in [0, 0.1) is 6.92 Å². The number of nitrogens with one attached hydrogen (secondary N) is 1. The van der Waals surface area contributed by atoms with Crippen LogP contribution in [0.5, 0.6) is 0 Å². The highest BCUT2D eigenvalue weighted by molar-refractivity contribution is 5.47. The zero-order valence-electron chi connectivity index (χ0n) is 8.93. The lowest BCUT2D eigenvalue weighted by Gasteiger charge is -2.12. The van der Waals surface area contributed by atoms with Crippen molar-refractivity contribution in [1.82, 2.24) is 5.32 Å². The van der Waals surface area contributed by atoms with Crippen molar-refractivity contribution >= 4 is 5.69 Å². The maximum atomic E-state index is 5.76. The summed E-state index contributed by atoms with van der Waals surface area (Å²) in [7, 11) is 0. The molecule has 0 aliphatic heterocycles. The number of aryl methyl sites for hydroxylation is 1. The molecule has 2 rings (SSSR count). The van der Waals surface area contributed by atoms with Crippen LogP contribution in [0.25, 0.3) is 0 Å². The Morgan fingerprint density at radius 3 is 2.71 bits per heavy atom. The Kier molecular flexibility index (Phi) is 2.23. The van der Waals surface area contributed by atoms with Crippen LogP contribution in [0.1, 0.15) is 30.9 Å². The predicted octanol–water partition coefficient (Wildman–Crippen LogP) is 2.22. The lowest BCUT2D eigenvalue weighted by Crippen LogP contribution is -2.26. The molecular formula is C12H18N2. The summed E-state index contributed by atoms with van der Waals surface area (Å²) in [5, 5.41) is 3.56. The molecule has 2 nitrogen and oxygen atoms in total. The Labute approximate surface area is 85.5 Å². The summed E-state index contributed by atoms with van der Waals surface area (Å²) >= 11 is 0. The van der Waals surface area contributed by atoms with Crippen molar-refractivity contribution in [3.05, 3.63) is 29.3 Å². The molecule has 0 aromatic heterocycles. The second-order valence-electron chi connectivity index (χ2n) is 4.61. The number of nitrogen functional groups attached to an aromatic ring is 1. The predicted molar refractivity (Wildman–Crippen MR) is 60.1 cm³/mol. The molecule has 1 aromatic carbocycles. The van der Waals surface area contributed by atoms with Crippen molar-refractivity contribution in [2.24, 2.45) is 0 Å². The molecule has 0 bridgehead atoms. The van der Waals surface area contributed by atoms with Crippen molar-refractivity contribution < 1.29 is 0 Å². The third-order valence-corrected chi connectivity index (χ3v) is 3.05. The zero-order valence-corrected chi connectivity index (χ0v) is 8.93. The van der Waals surface area contributed by atoms with Gasteiger partial charge in [-0.2, -0.15) is 0 Å². The van der Waals surface area contributed by atoms with Gasteiger partial charge in [0, 0.05) is 17.8 Å². The van der Waals surface area contributed by atoms with E-state index in [1.807, 2.05) is 6.07 Å². The fraction of sp³-hybridized carbons (Fsp3) is 0.500. The molecule has 0 radical (unpaired) electrons. The average Bonchev–Trinajstić information content (AvgIpc) is 2.87. The molecule has 0 atom stereocenters. The first-order valence-electron chi connectivity index (χ1n) is 5.19. The minimum Gasteiger partial charge on any atom is -0.399 e. The van der Waals surface area contributed by atoms with Crippen LogP contribution in [-0.2, 0) is 6.54 Å². The number of rotatable bonds is 3. The summed E-state index contributed by atoms with van der Waals surface area (Å²) in [4.78, 5) is 0. The van der Waals surface area contributed by atoms with Gasteiger partial charge in [0.1, 0.15) is 0 Å². The molecule has 2 heteroatoms. The third kappa shape index (κ3) is 2.07. The maximum absolute atomic E-state index is 5.76. The molecule has 0 heterocycles. The van der Waals surface area contributed by atoms with E-state index >= 15 is 0 Å². The zero-order chi connectivity index (χ0) is 10.2. The molecule has 0 spiro atoms. The summed E-state index contributed by atoms with van der Waals surface area (Å²) in [6.07, 6.45) is 2.61. The maximum Gasteiger partial charge on any atom is 0.0343 e. The lowest BCUT2D eigenvalue weighted by molar-refractivity contribution is 0.537. The van der Waals surface area contributed by atoms with E-state index in [4.69, 9.17) is 5.73 Å². The Morgan fingerprint density at radius 2 is 2.14 bits per heavy atom. The Morgan fingerprint density at radius 1 is 1.43 bits per heavy atom. The van der Waals surface area contributed by atoms with E-state index in [2.05, 4.69) is 31.3 Å². The molecule has 0 saturated heterocycles. The van der Waals surface area contributed by atoms with E-state index in [0.717, 1.165) is 12.2 Å². The van der Waals surface area contributed by atoms with Gasteiger partial charge in [-0.15, -0.1) is 0 Å². The van der Waals surface area contributed by atoms with Gasteiger partial charge in [0.25, 0.3) is 0 Å². The molecule has 1 aromatic rings. The number of anilines is 1. The minimum absolute atomic E-state index is 0.412. The quantitative estimate of drug-likeness (QED) is 0.717. The van der Waals surface area contributed by atoms with Crippen LogP contribution in [0.15, 0.2) is 18.2 Å². The monoisotopic (exact) mass is 190 g/mol. The van der Waals surface area contributed by atoms with Crippen molar-refractivity contribution in [3.63, 3.8) is 0 Å². The number of nitrogens with two attached hydrogens (primary N) is 1. The molecule has 3 N–H and O–H groups in total.